The Hall–Kier alpha value is -2.72. The van der Waals surface area contributed by atoms with Crippen LogP contribution in [0.15, 0.2) is 30.5 Å². The van der Waals surface area contributed by atoms with Gasteiger partial charge in [0.15, 0.2) is 6.23 Å². The van der Waals surface area contributed by atoms with E-state index in [4.69, 9.17) is 10.00 Å². The van der Waals surface area contributed by atoms with Crippen LogP contribution in [0.4, 0.5) is 5.69 Å². The Kier molecular flexibility index (Phi) is 3.85. The molecule has 0 aliphatic carbocycles. The summed E-state index contributed by atoms with van der Waals surface area (Å²) in [4.78, 5) is 10.6. The SMILES string of the molecule is N#Cc1ccc(-c2ccnn2C2CCCCO2)cc1[N+](=O)[O-]. The highest BCUT2D eigenvalue weighted by Crippen LogP contribution is 2.31. The van der Waals surface area contributed by atoms with Crippen LogP contribution in [-0.4, -0.2) is 21.3 Å². The Labute approximate surface area is 126 Å². The molecule has 1 aromatic carbocycles. The summed E-state index contributed by atoms with van der Waals surface area (Å²) in [6.45, 7) is 0.692. The first-order valence-electron chi connectivity index (χ1n) is 7.05. The fourth-order valence-electron chi connectivity index (χ4n) is 2.63. The minimum absolute atomic E-state index is 0.0498. The second-order valence-electron chi connectivity index (χ2n) is 5.08. The van der Waals surface area contributed by atoms with E-state index in [2.05, 4.69) is 5.10 Å². The maximum Gasteiger partial charge on any atom is 0.287 e. The highest BCUT2D eigenvalue weighted by atomic mass is 16.6. The fourth-order valence-corrected chi connectivity index (χ4v) is 2.63. The summed E-state index contributed by atoms with van der Waals surface area (Å²) in [6, 6.07) is 8.21. The van der Waals surface area contributed by atoms with Gasteiger partial charge in [0.1, 0.15) is 11.6 Å². The molecule has 1 atom stereocenters. The van der Waals surface area contributed by atoms with Gasteiger partial charge >= 0.3 is 0 Å². The van der Waals surface area contributed by atoms with Gasteiger partial charge in [-0.25, -0.2) is 4.68 Å². The summed E-state index contributed by atoms with van der Waals surface area (Å²) in [5.74, 6) is 0. The van der Waals surface area contributed by atoms with Crippen molar-refractivity contribution in [1.82, 2.24) is 9.78 Å². The van der Waals surface area contributed by atoms with Crippen molar-refractivity contribution in [1.29, 1.82) is 5.26 Å². The van der Waals surface area contributed by atoms with Crippen LogP contribution in [0.25, 0.3) is 11.3 Å². The second kappa shape index (κ2) is 5.95. The molecule has 2 heterocycles. The first-order valence-corrected chi connectivity index (χ1v) is 7.05. The van der Waals surface area contributed by atoms with Crippen molar-refractivity contribution in [2.24, 2.45) is 0 Å². The number of benzene rings is 1. The molecule has 0 spiro atoms. The average molecular weight is 298 g/mol. The van der Waals surface area contributed by atoms with Gasteiger partial charge in [0.25, 0.3) is 5.69 Å². The second-order valence-corrected chi connectivity index (χ2v) is 5.08. The highest BCUT2D eigenvalue weighted by Gasteiger charge is 2.21. The summed E-state index contributed by atoms with van der Waals surface area (Å²) < 4.78 is 7.48. The van der Waals surface area contributed by atoms with E-state index in [1.165, 1.54) is 12.1 Å². The quantitative estimate of drug-likeness (QED) is 0.641. The van der Waals surface area contributed by atoms with Gasteiger partial charge in [-0.1, -0.05) is 6.07 Å². The Bertz CT molecular complexity index is 741. The van der Waals surface area contributed by atoms with Gasteiger partial charge in [0.2, 0.25) is 0 Å². The molecule has 1 aliphatic heterocycles. The van der Waals surface area contributed by atoms with Crippen molar-refractivity contribution >= 4 is 5.69 Å². The Morgan fingerprint density at radius 2 is 2.27 bits per heavy atom. The summed E-state index contributed by atoms with van der Waals surface area (Å²) in [5.41, 5.74) is 1.25. The first-order chi connectivity index (χ1) is 10.7. The van der Waals surface area contributed by atoms with Crippen LogP contribution >= 0.6 is 0 Å². The molecule has 7 heteroatoms. The number of ether oxygens (including phenoxy) is 1. The molecule has 22 heavy (non-hydrogen) atoms. The molecule has 1 saturated heterocycles. The van der Waals surface area contributed by atoms with E-state index in [9.17, 15) is 10.1 Å². The molecule has 0 saturated carbocycles. The zero-order valence-electron chi connectivity index (χ0n) is 11.8. The van der Waals surface area contributed by atoms with Crippen molar-refractivity contribution in [3.05, 3.63) is 46.1 Å². The number of nitro benzene ring substituents is 1. The van der Waals surface area contributed by atoms with Crippen molar-refractivity contribution in [2.45, 2.75) is 25.5 Å². The molecule has 1 aliphatic rings. The molecule has 1 aromatic heterocycles. The molecular weight excluding hydrogens is 284 g/mol. The number of rotatable bonds is 3. The van der Waals surface area contributed by atoms with Gasteiger partial charge in [-0.05, 0) is 31.4 Å². The number of hydrogen-bond donors (Lipinski definition) is 0. The van der Waals surface area contributed by atoms with Gasteiger partial charge in [0, 0.05) is 24.4 Å². The third kappa shape index (κ3) is 2.56. The normalized spacial score (nSPS) is 17.9. The maximum atomic E-state index is 11.1. The van der Waals surface area contributed by atoms with Gasteiger partial charge in [0.05, 0.1) is 10.6 Å². The minimum Gasteiger partial charge on any atom is -0.356 e. The van der Waals surface area contributed by atoms with E-state index < -0.39 is 4.92 Å². The lowest BCUT2D eigenvalue weighted by molar-refractivity contribution is -0.385. The molecule has 0 bridgehead atoms. The van der Waals surface area contributed by atoms with E-state index >= 15 is 0 Å². The minimum atomic E-state index is -0.542. The largest absolute Gasteiger partial charge is 0.356 e. The molecule has 2 aromatic rings. The van der Waals surface area contributed by atoms with Crippen LogP contribution in [-0.2, 0) is 4.74 Å². The molecule has 0 radical (unpaired) electrons. The van der Waals surface area contributed by atoms with Gasteiger partial charge in [-0.2, -0.15) is 10.4 Å². The maximum absolute atomic E-state index is 11.1. The summed E-state index contributed by atoms with van der Waals surface area (Å²) in [5, 5.41) is 24.3. The van der Waals surface area contributed by atoms with Crippen LogP contribution in [0, 0.1) is 21.4 Å². The zero-order chi connectivity index (χ0) is 15.5. The molecule has 0 N–H and O–H groups in total. The van der Waals surface area contributed by atoms with Gasteiger partial charge in [-0.3, -0.25) is 10.1 Å². The molecule has 0 amide bonds. The molecular formula is C15H14N4O3. The van der Waals surface area contributed by atoms with E-state index in [0.29, 0.717) is 12.2 Å². The smallest absolute Gasteiger partial charge is 0.287 e. The lowest BCUT2D eigenvalue weighted by Crippen LogP contribution is -2.19. The number of hydrogen-bond acceptors (Lipinski definition) is 5. The first kappa shape index (κ1) is 14.2. The van der Waals surface area contributed by atoms with Gasteiger partial charge in [-0.15, -0.1) is 0 Å². The van der Waals surface area contributed by atoms with E-state index in [-0.39, 0.29) is 17.5 Å². The molecule has 3 rings (SSSR count). The number of nitriles is 1. The lowest BCUT2D eigenvalue weighted by Gasteiger charge is -2.24. The van der Waals surface area contributed by atoms with E-state index in [1.807, 2.05) is 6.07 Å². The van der Waals surface area contributed by atoms with E-state index in [1.54, 1.807) is 23.0 Å². The van der Waals surface area contributed by atoms with Crippen LogP contribution in [0.1, 0.15) is 31.1 Å². The summed E-state index contributed by atoms with van der Waals surface area (Å²) in [7, 11) is 0. The number of nitrogens with zero attached hydrogens (tertiary/aromatic N) is 4. The van der Waals surface area contributed by atoms with Crippen molar-refractivity contribution in [3.8, 4) is 17.3 Å². The average Bonchev–Trinajstić information content (AvgIpc) is 3.04. The Morgan fingerprint density at radius 3 is 2.95 bits per heavy atom. The Balaban J connectivity index is 2.02. The van der Waals surface area contributed by atoms with Crippen molar-refractivity contribution < 1.29 is 9.66 Å². The molecule has 1 unspecified atom stereocenters. The topological polar surface area (TPSA) is 94.0 Å². The highest BCUT2D eigenvalue weighted by molar-refractivity contribution is 5.66. The van der Waals surface area contributed by atoms with Crippen molar-refractivity contribution in [3.63, 3.8) is 0 Å². The van der Waals surface area contributed by atoms with E-state index in [0.717, 1.165) is 25.0 Å². The molecule has 1 fully saturated rings. The predicted molar refractivity (Wildman–Crippen MR) is 77.9 cm³/mol. The van der Waals surface area contributed by atoms with Gasteiger partial charge < -0.3 is 4.74 Å². The standard InChI is InChI=1S/C15H14N4O3/c16-10-12-5-4-11(9-14(12)19(20)21)13-6-7-17-18(13)15-3-1-2-8-22-15/h4-7,9,15H,1-3,8H2. The van der Waals surface area contributed by atoms with Crippen LogP contribution in [0.5, 0.6) is 0 Å². The summed E-state index contributed by atoms with van der Waals surface area (Å²) in [6.07, 6.45) is 4.48. The zero-order valence-corrected chi connectivity index (χ0v) is 11.8. The van der Waals surface area contributed by atoms with Crippen LogP contribution in [0.2, 0.25) is 0 Å². The predicted octanol–water partition coefficient (Wildman–Crippen LogP) is 3.03. The fraction of sp³-hybridized carbons (Fsp3) is 0.333. The van der Waals surface area contributed by atoms with Crippen LogP contribution < -0.4 is 0 Å². The third-order valence-electron chi connectivity index (χ3n) is 3.71. The molecule has 7 nitrogen and oxygen atoms in total. The monoisotopic (exact) mass is 298 g/mol. The number of aromatic nitrogens is 2. The summed E-state index contributed by atoms with van der Waals surface area (Å²) >= 11 is 0. The third-order valence-corrected chi connectivity index (χ3v) is 3.71. The van der Waals surface area contributed by atoms with Crippen LogP contribution in [0.3, 0.4) is 0 Å². The Morgan fingerprint density at radius 1 is 1.41 bits per heavy atom. The van der Waals surface area contributed by atoms with Crippen molar-refractivity contribution in [2.75, 3.05) is 6.61 Å². The molecule has 112 valence electrons. The lowest BCUT2D eigenvalue weighted by atomic mass is 10.1. The number of nitro groups is 1.